The standard InChI is InChI=1S/C12H20N4O4/c1-3-5-12(2,18)8-13-11(17)4-6-15-7-10(14-9-15)16(19)20/h7,9,18H,3-6,8H2,1-2H3,(H,13,17). The Bertz CT molecular complexity index is 470. The number of nitrogens with one attached hydrogen (secondary N) is 1. The zero-order valence-corrected chi connectivity index (χ0v) is 11.7. The van der Waals surface area contributed by atoms with Crippen molar-refractivity contribution in [2.45, 2.75) is 45.3 Å². The first-order chi connectivity index (χ1) is 9.34. The van der Waals surface area contributed by atoms with E-state index in [0.717, 1.165) is 6.42 Å². The van der Waals surface area contributed by atoms with E-state index in [0.29, 0.717) is 13.0 Å². The molecule has 0 aromatic carbocycles. The molecule has 8 heteroatoms. The van der Waals surface area contributed by atoms with Crippen molar-refractivity contribution in [2.24, 2.45) is 0 Å². The highest BCUT2D eigenvalue weighted by atomic mass is 16.6. The Morgan fingerprint density at radius 1 is 1.65 bits per heavy atom. The van der Waals surface area contributed by atoms with Gasteiger partial charge in [-0.05, 0) is 23.3 Å². The molecule has 1 heterocycles. The Morgan fingerprint density at radius 2 is 2.35 bits per heavy atom. The van der Waals surface area contributed by atoms with Crippen LogP contribution < -0.4 is 5.32 Å². The van der Waals surface area contributed by atoms with Gasteiger partial charge in [0.25, 0.3) is 0 Å². The molecule has 0 aliphatic heterocycles. The molecule has 1 aromatic heterocycles. The molecule has 1 aromatic rings. The van der Waals surface area contributed by atoms with Crippen LogP contribution in [0.25, 0.3) is 0 Å². The summed E-state index contributed by atoms with van der Waals surface area (Å²) in [5, 5.41) is 23.0. The third kappa shape index (κ3) is 5.35. The maximum atomic E-state index is 11.6. The van der Waals surface area contributed by atoms with E-state index < -0.39 is 10.5 Å². The minimum Gasteiger partial charge on any atom is -0.388 e. The zero-order chi connectivity index (χ0) is 15.2. The van der Waals surface area contributed by atoms with E-state index in [1.165, 1.54) is 17.1 Å². The number of carbonyl (C=O) groups excluding carboxylic acids is 1. The maximum absolute atomic E-state index is 11.6. The number of hydrogen-bond acceptors (Lipinski definition) is 5. The first-order valence-corrected chi connectivity index (χ1v) is 6.49. The minimum atomic E-state index is -0.905. The summed E-state index contributed by atoms with van der Waals surface area (Å²) in [6.45, 7) is 4.14. The number of aryl methyl sites for hydroxylation is 1. The van der Waals surface area contributed by atoms with Crippen LogP contribution in [-0.2, 0) is 11.3 Å². The van der Waals surface area contributed by atoms with Gasteiger partial charge >= 0.3 is 5.82 Å². The monoisotopic (exact) mass is 284 g/mol. The fraction of sp³-hybridized carbons (Fsp3) is 0.667. The Morgan fingerprint density at radius 3 is 2.90 bits per heavy atom. The molecule has 1 rings (SSSR count). The van der Waals surface area contributed by atoms with Gasteiger partial charge in [-0.25, -0.2) is 0 Å². The molecule has 1 unspecified atom stereocenters. The van der Waals surface area contributed by atoms with Crippen molar-refractivity contribution in [2.75, 3.05) is 6.54 Å². The number of amides is 1. The Kier molecular flexibility index (Phi) is 5.63. The van der Waals surface area contributed by atoms with E-state index in [1.54, 1.807) is 6.92 Å². The molecule has 0 saturated heterocycles. The summed E-state index contributed by atoms with van der Waals surface area (Å²) in [6, 6.07) is 0. The second-order valence-electron chi connectivity index (χ2n) is 5.00. The topological polar surface area (TPSA) is 110 Å². The van der Waals surface area contributed by atoms with Crippen molar-refractivity contribution < 1.29 is 14.8 Å². The molecular weight excluding hydrogens is 264 g/mol. The predicted octanol–water partition coefficient (Wildman–Crippen LogP) is 0.849. The SMILES string of the molecule is CCCC(C)(O)CNC(=O)CCn1cnc([N+](=O)[O-])c1. The number of imidazole rings is 1. The van der Waals surface area contributed by atoms with Gasteiger partial charge in [0.2, 0.25) is 12.2 Å². The van der Waals surface area contributed by atoms with Gasteiger partial charge in [-0.15, -0.1) is 0 Å². The number of aliphatic hydroxyl groups is 1. The van der Waals surface area contributed by atoms with Crippen LogP contribution in [0.5, 0.6) is 0 Å². The lowest BCUT2D eigenvalue weighted by atomic mass is 10.0. The highest BCUT2D eigenvalue weighted by Crippen LogP contribution is 2.10. The van der Waals surface area contributed by atoms with Crippen molar-refractivity contribution in [3.8, 4) is 0 Å². The second kappa shape index (κ2) is 6.99. The summed E-state index contributed by atoms with van der Waals surface area (Å²) in [4.78, 5) is 25.1. The van der Waals surface area contributed by atoms with Gasteiger partial charge in [0, 0.05) is 19.5 Å². The minimum absolute atomic E-state index is 0.176. The molecule has 0 aliphatic rings. The number of aromatic nitrogens is 2. The van der Waals surface area contributed by atoms with Crippen molar-refractivity contribution in [1.29, 1.82) is 0 Å². The Balaban J connectivity index is 2.34. The molecule has 0 aliphatic carbocycles. The lowest BCUT2D eigenvalue weighted by Gasteiger charge is -2.22. The first-order valence-electron chi connectivity index (χ1n) is 6.49. The highest BCUT2D eigenvalue weighted by molar-refractivity contribution is 5.75. The predicted molar refractivity (Wildman–Crippen MR) is 72.0 cm³/mol. The van der Waals surface area contributed by atoms with Gasteiger partial charge in [0.1, 0.15) is 6.20 Å². The lowest BCUT2D eigenvalue weighted by molar-refractivity contribution is -0.389. The van der Waals surface area contributed by atoms with Crippen LogP contribution in [0.3, 0.4) is 0 Å². The van der Waals surface area contributed by atoms with E-state index in [9.17, 15) is 20.0 Å². The Hall–Kier alpha value is -1.96. The Labute approximate surface area is 117 Å². The van der Waals surface area contributed by atoms with E-state index in [2.05, 4.69) is 10.3 Å². The molecule has 112 valence electrons. The summed E-state index contributed by atoms with van der Waals surface area (Å²) in [6.07, 6.45) is 4.22. The molecule has 0 spiro atoms. The molecule has 1 amide bonds. The van der Waals surface area contributed by atoms with Crippen LogP contribution in [0.2, 0.25) is 0 Å². The van der Waals surface area contributed by atoms with Crippen LogP contribution in [0.1, 0.15) is 33.1 Å². The summed E-state index contributed by atoms with van der Waals surface area (Å²) in [5.41, 5.74) is -0.905. The summed E-state index contributed by atoms with van der Waals surface area (Å²) in [7, 11) is 0. The average Bonchev–Trinajstić information content (AvgIpc) is 2.83. The van der Waals surface area contributed by atoms with Gasteiger partial charge in [-0.1, -0.05) is 13.3 Å². The lowest BCUT2D eigenvalue weighted by Crippen LogP contribution is -2.40. The smallest absolute Gasteiger partial charge is 0.381 e. The third-order valence-electron chi connectivity index (χ3n) is 2.86. The molecule has 0 saturated carbocycles. The van der Waals surface area contributed by atoms with Crippen molar-refractivity contribution in [3.05, 3.63) is 22.6 Å². The van der Waals surface area contributed by atoms with Crippen molar-refractivity contribution >= 4 is 11.7 Å². The fourth-order valence-electron chi connectivity index (χ4n) is 1.80. The molecule has 20 heavy (non-hydrogen) atoms. The molecule has 0 fully saturated rings. The summed E-state index contributed by atoms with van der Waals surface area (Å²) in [5.74, 6) is -0.450. The number of rotatable bonds is 8. The molecule has 0 radical (unpaired) electrons. The highest BCUT2D eigenvalue weighted by Gasteiger charge is 2.19. The number of nitro groups is 1. The van der Waals surface area contributed by atoms with Gasteiger partial charge in [0.05, 0.1) is 5.60 Å². The maximum Gasteiger partial charge on any atom is 0.381 e. The van der Waals surface area contributed by atoms with Crippen LogP contribution >= 0.6 is 0 Å². The van der Waals surface area contributed by atoms with E-state index >= 15 is 0 Å². The van der Waals surface area contributed by atoms with Gasteiger partial charge in [-0.2, -0.15) is 0 Å². The van der Waals surface area contributed by atoms with Gasteiger partial charge in [-0.3, -0.25) is 4.79 Å². The zero-order valence-electron chi connectivity index (χ0n) is 11.7. The number of hydrogen-bond donors (Lipinski definition) is 2. The number of nitrogens with zero attached hydrogens (tertiary/aromatic N) is 3. The van der Waals surface area contributed by atoms with E-state index in [1.807, 2.05) is 6.92 Å². The van der Waals surface area contributed by atoms with E-state index in [-0.39, 0.29) is 24.7 Å². The van der Waals surface area contributed by atoms with Crippen molar-refractivity contribution in [1.82, 2.24) is 14.9 Å². The first kappa shape index (κ1) is 16.1. The molecule has 8 nitrogen and oxygen atoms in total. The quantitative estimate of drug-likeness (QED) is 0.543. The summed E-state index contributed by atoms with van der Waals surface area (Å²) >= 11 is 0. The fourth-order valence-corrected chi connectivity index (χ4v) is 1.80. The molecule has 0 bridgehead atoms. The van der Waals surface area contributed by atoms with Crippen LogP contribution in [0.15, 0.2) is 12.5 Å². The third-order valence-corrected chi connectivity index (χ3v) is 2.86. The van der Waals surface area contributed by atoms with Gasteiger partial charge < -0.3 is 25.1 Å². The summed E-state index contributed by atoms with van der Waals surface area (Å²) < 4.78 is 1.49. The van der Waals surface area contributed by atoms with Crippen molar-refractivity contribution in [3.63, 3.8) is 0 Å². The normalized spacial score (nSPS) is 13.8. The van der Waals surface area contributed by atoms with Crippen LogP contribution in [0, 0.1) is 10.1 Å². The van der Waals surface area contributed by atoms with E-state index in [4.69, 9.17) is 0 Å². The van der Waals surface area contributed by atoms with Crippen LogP contribution in [-0.4, -0.2) is 37.6 Å². The molecule has 2 N–H and O–H groups in total. The average molecular weight is 284 g/mol. The number of carbonyl (C=O) groups is 1. The van der Waals surface area contributed by atoms with Crippen LogP contribution in [0.4, 0.5) is 5.82 Å². The van der Waals surface area contributed by atoms with Gasteiger partial charge in [0.15, 0.2) is 0 Å². The second-order valence-corrected chi connectivity index (χ2v) is 5.00. The largest absolute Gasteiger partial charge is 0.388 e. The molecular formula is C12H20N4O4. The molecule has 1 atom stereocenters.